The molecule has 0 aromatic rings. The quantitative estimate of drug-likeness (QED) is 0.603. The van der Waals surface area contributed by atoms with Crippen molar-refractivity contribution in [2.45, 2.75) is 26.4 Å². The van der Waals surface area contributed by atoms with Crippen LogP contribution in [0.1, 0.15) is 20.3 Å². The van der Waals surface area contributed by atoms with E-state index in [0.717, 1.165) is 0 Å². The molecule has 0 radical (unpaired) electrons. The predicted molar refractivity (Wildman–Crippen MR) is 39.1 cm³/mol. The Balaban J connectivity index is 0. The highest BCUT2D eigenvalue weighted by molar-refractivity contribution is 5.85. The molecule has 0 aliphatic rings. The third-order valence-electron chi connectivity index (χ3n) is 0.901. The molecule has 2 nitrogen and oxygen atoms in total. The van der Waals surface area contributed by atoms with E-state index in [1.54, 1.807) is 13.8 Å². The van der Waals surface area contributed by atoms with E-state index in [1.807, 2.05) is 0 Å². The molecule has 1 atom stereocenters. The van der Waals surface area contributed by atoms with Crippen LogP contribution in [0.3, 0.4) is 0 Å². The summed E-state index contributed by atoms with van der Waals surface area (Å²) in [5, 5.41) is 0. The van der Waals surface area contributed by atoms with E-state index in [1.165, 1.54) is 0 Å². The zero-order chi connectivity index (χ0) is 7.28. The van der Waals surface area contributed by atoms with Gasteiger partial charge >= 0.3 is 5.97 Å². The average molecular weight is 171 g/mol. The van der Waals surface area contributed by atoms with Gasteiger partial charge in [0.1, 0.15) is 0 Å². The summed E-state index contributed by atoms with van der Waals surface area (Å²) < 4.78 is 16.6. The molecule has 62 valence electrons. The average Bonchev–Trinajstić information content (AvgIpc) is 1.87. The third kappa shape index (κ3) is 4.56. The van der Waals surface area contributed by atoms with Crippen molar-refractivity contribution in [2.24, 2.45) is 0 Å². The van der Waals surface area contributed by atoms with E-state index in [-0.39, 0.29) is 25.4 Å². The van der Waals surface area contributed by atoms with E-state index in [4.69, 9.17) is 0 Å². The molecule has 0 saturated heterocycles. The Morgan fingerprint density at radius 3 is 2.40 bits per heavy atom. The Labute approximate surface area is 66.2 Å². The van der Waals surface area contributed by atoms with Crippen LogP contribution in [0, 0.1) is 0 Å². The maximum absolute atomic E-state index is 12.2. The molecule has 0 bridgehead atoms. The largest absolute Gasteiger partial charge is 0.464 e. The number of ether oxygens (including phenoxy) is 1. The zero-order valence-corrected chi connectivity index (χ0v) is 6.91. The molecule has 10 heavy (non-hydrogen) atoms. The van der Waals surface area contributed by atoms with Crippen LogP contribution in [0.5, 0.6) is 0 Å². The minimum Gasteiger partial charge on any atom is -0.464 e. The molecule has 0 N–H and O–H groups in total. The lowest BCUT2D eigenvalue weighted by atomic mass is 10.3. The van der Waals surface area contributed by atoms with Crippen LogP contribution in [0.15, 0.2) is 0 Å². The highest BCUT2D eigenvalue weighted by Crippen LogP contribution is 1.98. The van der Waals surface area contributed by atoms with Crippen molar-refractivity contribution >= 4 is 18.4 Å². The summed E-state index contributed by atoms with van der Waals surface area (Å²) in [6, 6.07) is 0. The fourth-order valence-electron chi connectivity index (χ4n) is 0.399. The number of carbonyl (C=O) groups excluding carboxylic acids is 1. The predicted octanol–water partition coefficient (Wildman–Crippen LogP) is 1.72. The van der Waals surface area contributed by atoms with Gasteiger partial charge in [-0.3, -0.25) is 0 Å². The van der Waals surface area contributed by atoms with Crippen molar-refractivity contribution in [3.63, 3.8) is 0 Å². The van der Waals surface area contributed by atoms with Crippen molar-refractivity contribution in [2.75, 3.05) is 6.61 Å². The molecule has 0 rings (SSSR count). The molecule has 0 saturated carbocycles. The van der Waals surface area contributed by atoms with E-state index in [0.29, 0.717) is 0 Å². The first-order valence-electron chi connectivity index (χ1n) is 3.03. The van der Waals surface area contributed by atoms with Crippen molar-refractivity contribution in [1.29, 1.82) is 0 Å². The summed E-state index contributed by atoms with van der Waals surface area (Å²) >= 11 is 0. The fourth-order valence-corrected chi connectivity index (χ4v) is 0.399. The van der Waals surface area contributed by atoms with Crippen molar-refractivity contribution in [1.82, 2.24) is 0 Å². The molecule has 0 aliphatic carbocycles. The zero-order valence-electron chi connectivity index (χ0n) is 6.09. The molecule has 0 spiro atoms. The Morgan fingerprint density at radius 2 is 2.10 bits per heavy atom. The smallest absolute Gasteiger partial charge is 0.340 e. The van der Waals surface area contributed by atoms with Crippen LogP contribution in [0.2, 0.25) is 0 Å². The SMILES string of the molecule is CCOC(=O)C(F)CC.Cl. The van der Waals surface area contributed by atoms with Crippen molar-refractivity contribution in [3.8, 4) is 0 Å². The molecule has 1 unspecified atom stereocenters. The fraction of sp³-hybridized carbons (Fsp3) is 0.833. The Morgan fingerprint density at radius 1 is 1.60 bits per heavy atom. The van der Waals surface area contributed by atoms with Crippen LogP contribution in [-0.2, 0) is 9.53 Å². The van der Waals surface area contributed by atoms with Gasteiger partial charge in [-0.15, -0.1) is 12.4 Å². The molecule has 0 amide bonds. The highest BCUT2D eigenvalue weighted by Gasteiger charge is 2.14. The topological polar surface area (TPSA) is 26.3 Å². The van der Waals surface area contributed by atoms with E-state index >= 15 is 0 Å². The standard InChI is InChI=1S/C6H11FO2.ClH/c1-3-5(7)6(8)9-4-2;/h5H,3-4H2,1-2H3;1H. The first kappa shape index (κ1) is 12.4. The van der Waals surface area contributed by atoms with Gasteiger partial charge in [0.25, 0.3) is 0 Å². The third-order valence-corrected chi connectivity index (χ3v) is 0.901. The summed E-state index contributed by atoms with van der Waals surface area (Å²) in [5.41, 5.74) is 0. The number of rotatable bonds is 3. The molecule has 0 fully saturated rings. The van der Waals surface area contributed by atoms with Gasteiger partial charge in [0.2, 0.25) is 0 Å². The van der Waals surface area contributed by atoms with Gasteiger partial charge in [0.15, 0.2) is 6.17 Å². The van der Waals surface area contributed by atoms with Gasteiger partial charge in [-0.2, -0.15) is 0 Å². The van der Waals surface area contributed by atoms with Gasteiger partial charge in [0, 0.05) is 0 Å². The lowest BCUT2D eigenvalue weighted by Crippen LogP contribution is -2.17. The summed E-state index contributed by atoms with van der Waals surface area (Å²) in [4.78, 5) is 10.4. The molecule has 0 aromatic carbocycles. The van der Waals surface area contributed by atoms with E-state index < -0.39 is 12.1 Å². The van der Waals surface area contributed by atoms with Crippen molar-refractivity contribution < 1.29 is 13.9 Å². The summed E-state index contributed by atoms with van der Waals surface area (Å²) in [6.45, 7) is 3.50. The molecular formula is C6H12ClFO2. The summed E-state index contributed by atoms with van der Waals surface area (Å²) in [6.07, 6.45) is -1.25. The normalized spacial score (nSPS) is 11.5. The van der Waals surface area contributed by atoms with E-state index in [9.17, 15) is 9.18 Å². The molecule has 0 aromatic heterocycles. The van der Waals surface area contributed by atoms with E-state index in [2.05, 4.69) is 4.74 Å². The van der Waals surface area contributed by atoms with Crippen molar-refractivity contribution in [3.05, 3.63) is 0 Å². The molecular weight excluding hydrogens is 159 g/mol. The Hall–Kier alpha value is -0.310. The minimum atomic E-state index is -1.44. The van der Waals surface area contributed by atoms with Gasteiger partial charge in [-0.1, -0.05) is 6.92 Å². The number of hydrogen-bond acceptors (Lipinski definition) is 2. The molecule has 0 heterocycles. The molecule has 0 aliphatic heterocycles. The number of esters is 1. The number of alkyl halides is 1. The second-order valence-corrected chi connectivity index (χ2v) is 1.63. The Kier molecular flexibility index (Phi) is 8.42. The van der Waals surface area contributed by atoms with Crippen LogP contribution >= 0.6 is 12.4 Å². The lowest BCUT2D eigenvalue weighted by Gasteiger charge is -2.02. The number of carbonyl (C=O) groups is 1. The minimum absolute atomic E-state index is 0. The van der Waals surface area contributed by atoms with Gasteiger partial charge in [0.05, 0.1) is 6.61 Å². The maximum Gasteiger partial charge on any atom is 0.340 e. The number of halogens is 2. The second kappa shape index (κ2) is 6.81. The highest BCUT2D eigenvalue weighted by atomic mass is 35.5. The Bertz CT molecular complexity index is 97.7. The maximum atomic E-state index is 12.2. The van der Waals surface area contributed by atoms with Crippen LogP contribution in [-0.4, -0.2) is 18.7 Å². The lowest BCUT2D eigenvalue weighted by molar-refractivity contribution is -0.149. The van der Waals surface area contributed by atoms with Gasteiger partial charge < -0.3 is 4.74 Å². The number of hydrogen-bond donors (Lipinski definition) is 0. The van der Waals surface area contributed by atoms with Crippen LogP contribution in [0.25, 0.3) is 0 Å². The first-order valence-corrected chi connectivity index (χ1v) is 3.03. The monoisotopic (exact) mass is 170 g/mol. The summed E-state index contributed by atoms with van der Waals surface area (Å²) in [5.74, 6) is -0.750. The second-order valence-electron chi connectivity index (χ2n) is 1.63. The van der Waals surface area contributed by atoms with Gasteiger partial charge in [-0.05, 0) is 13.3 Å². The summed E-state index contributed by atoms with van der Waals surface area (Å²) in [7, 11) is 0. The van der Waals surface area contributed by atoms with Gasteiger partial charge in [-0.25, -0.2) is 9.18 Å². The first-order chi connectivity index (χ1) is 4.22. The van der Waals surface area contributed by atoms with Crippen LogP contribution < -0.4 is 0 Å². The molecule has 4 heteroatoms. The van der Waals surface area contributed by atoms with Crippen LogP contribution in [0.4, 0.5) is 4.39 Å².